The van der Waals surface area contributed by atoms with E-state index in [1.54, 1.807) is 0 Å². The summed E-state index contributed by atoms with van der Waals surface area (Å²) in [7, 11) is 0. The van der Waals surface area contributed by atoms with E-state index in [2.05, 4.69) is 29.3 Å². The van der Waals surface area contributed by atoms with Gasteiger partial charge in [0.15, 0.2) is 5.82 Å². The molecule has 0 aromatic carbocycles. The number of nitrogens with zero attached hydrogens (tertiary/aromatic N) is 2. The van der Waals surface area contributed by atoms with Crippen LogP contribution in [0.25, 0.3) is 0 Å². The first-order chi connectivity index (χ1) is 7.79. The van der Waals surface area contributed by atoms with Crippen LogP contribution in [0, 0.1) is 0 Å². The molecule has 1 N–H and O–H groups in total. The van der Waals surface area contributed by atoms with Gasteiger partial charge in [-0.15, -0.1) is 0 Å². The summed E-state index contributed by atoms with van der Waals surface area (Å²) in [6, 6.07) is 0.287. The Kier molecular flexibility index (Phi) is 4.23. The van der Waals surface area contributed by atoms with Crippen molar-refractivity contribution in [3.8, 4) is 0 Å². The van der Waals surface area contributed by atoms with Gasteiger partial charge in [0.05, 0.1) is 11.8 Å². The van der Waals surface area contributed by atoms with Crippen molar-refractivity contribution in [3.05, 3.63) is 11.7 Å². The van der Waals surface area contributed by atoms with Crippen molar-refractivity contribution >= 4 is 11.8 Å². The molecule has 2 atom stereocenters. The lowest BCUT2D eigenvalue weighted by molar-refractivity contribution is 0.342. The zero-order valence-corrected chi connectivity index (χ0v) is 10.7. The van der Waals surface area contributed by atoms with Gasteiger partial charge in [0.25, 0.3) is 0 Å². The maximum absolute atomic E-state index is 5.28. The largest absolute Gasteiger partial charge is 0.338 e. The SMILES string of the molecule is CCC(C)SCc1noc(C2CCCN2)n1. The van der Waals surface area contributed by atoms with E-state index in [4.69, 9.17) is 4.52 Å². The number of aromatic nitrogens is 2. The number of hydrogen-bond donors (Lipinski definition) is 1. The van der Waals surface area contributed by atoms with Crippen molar-refractivity contribution in [2.24, 2.45) is 0 Å². The van der Waals surface area contributed by atoms with Gasteiger partial charge in [-0.2, -0.15) is 16.7 Å². The normalized spacial score (nSPS) is 22.5. The third kappa shape index (κ3) is 2.98. The Labute approximate surface area is 101 Å². The van der Waals surface area contributed by atoms with Crippen LogP contribution in [0.2, 0.25) is 0 Å². The second kappa shape index (κ2) is 5.68. The zero-order valence-electron chi connectivity index (χ0n) is 9.90. The molecule has 2 rings (SSSR count). The Bertz CT molecular complexity index is 323. The first-order valence-electron chi connectivity index (χ1n) is 5.97. The molecule has 1 fully saturated rings. The van der Waals surface area contributed by atoms with Crippen molar-refractivity contribution in [2.75, 3.05) is 6.54 Å². The first kappa shape index (κ1) is 11.9. The predicted octanol–water partition coefficient (Wildman–Crippen LogP) is 2.53. The molecule has 1 aliphatic heterocycles. The van der Waals surface area contributed by atoms with E-state index in [9.17, 15) is 0 Å². The number of rotatable bonds is 5. The lowest BCUT2D eigenvalue weighted by Gasteiger charge is -2.04. The smallest absolute Gasteiger partial charge is 0.243 e. The van der Waals surface area contributed by atoms with Gasteiger partial charge < -0.3 is 9.84 Å². The maximum Gasteiger partial charge on any atom is 0.243 e. The molecule has 4 nitrogen and oxygen atoms in total. The van der Waals surface area contributed by atoms with Gasteiger partial charge in [-0.1, -0.05) is 19.0 Å². The van der Waals surface area contributed by atoms with Crippen molar-refractivity contribution in [2.45, 2.75) is 50.2 Å². The van der Waals surface area contributed by atoms with Crippen LogP contribution in [0.3, 0.4) is 0 Å². The quantitative estimate of drug-likeness (QED) is 0.858. The van der Waals surface area contributed by atoms with Gasteiger partial charge in [-0.3, -0.25) is 0 Å². The summed E-state index contributed by atoms with van der Waals surface area (Å²) in [4.78, 5) is 4.44. The van der Waals surface area contributed by atoms with E-state index < -0.39 is 0 Å². The molecule has 5 heteroatoms. The van der Waals surface area contributed by atoms with E-state index >= 15 is 0 Å². The molecule has 2 heterocycles. The molecule has 0 radical (unpaired) electrons. The molecular formula is C11H19N3OS. The lowest BCUT2D eigenvalue weighted by Crippen LogP contribution is -2.13. The Morgan fingerprint density at radius 3 is 3.19 bits per heavy atom. The highest BCUT2D eigenvalue weighted by Gasteiger charge is 2.22. The minimum absolute atomic E-state index is 0.287. The third-order valence-electron chi connectivity index (χ3n) is 2.91. The van der Waals surface area contributed by atoms with Crippen LogP contribution in [0.15, 0.2) is 4.52 Å². The molecule has 2 unspecified atom stereocenters. The maximum atomic E-state index is 5.28. The molecule has 1 saturated heterocycles. The second-order valence-corrected chi connectivity index (χ2v) is 5.65. The Hall–Kier alpha value is -0.550. The topological polar surface area (TPSA) is 51.0 Å². The highest BCUT2D eigenvalue weighted by Crippen LogP contribution is 2.23. The molecule has 1 aromatic rings. The Balaban J connectivity index is 1.86. The first-order valence-corrected chi connectivity index (χ1v) is 7.02. The number of thioether (sulfide) groups is 1. The molecule has 90 valence electrons. The summed E-state index contributed by atoms with van der Waals surface area (Å²) in [5, 5.41) is 8.04. The van der Waals surface area contributed by atoms with Gasteiger partial charge in [-0.05, 0) is 25.8 Å². The third-order valence-corrected chi connectivity index (χ3v) is 4.24. The van der Waals surface area contributed by atoms with Crippen molar-refractivity contribution in [3.63, 3.8) is 0 Å². The molecular weight excluding hydrogens is 222 g/mol. The van der Waals surface area contributed by atoms with Crippen LogP contribution in [0.1, 0.15) is 50.9 Å². The van der Waals surface area contributed by atoms with Crippen LogP contribution >= 0.6 is 11.8 Å². The zero-order chi connectivity index (χ0) is 11.4. The summed E-state index contributed by atoms with van der Waals surface area (Å²) in [6.45, 7) is 5.48. The average Bonchev–Trinajstić information content (AvgIpc) is 2.95. The Morgan fingerprint density at radius 1 is 1.62 bits per heavy atom. The van der Waals surface area contributed by atoms with E-state index in [0.29, 0.717) is 5.25 Å². The van der Waals surface area contributed by atoms with Gasteiger partial charge in [0.1, 0.15) is 0 Å². The predicted molar refractivity (Wildman–Crippen MR) is 65.3 cm³/mol. The average molecular weight is 241 g/mol. The van der Waals surface area contributed by atoms with Crippen LogP contribution in [-0.4, -0.2) is 21.9 Å². The molecule has 16 heavy (non-hydrogen) atoms. The summed E-state index contributed by atoms with van der Waals surface area (Å²) in [5.74, 6) is 2.44. The van der Waals surface area contributed by atoms with E-state index in [0.717, 1.165) is 30.4 Å². The van der Waals surface area contributed by atoms with Crippen LogP contribution in [0.4, 0.5) is 0 Å². The molecule has 0 saturated carbocycles. The molecule has 0 bridgehead atoms. The standard InChI is InChI=1S/C11H19N3OS/c1-3-8(2)16-7-10-13-11(15-14-10)9-5-4-6-12-9/h8-9,12H,3-7H2,1-2H3. The molecule has 0 amide bonds. The summed E-state index contributed by atoms with van der Waals surface area (Å²) >= 11 is 1.88. The fraction of sp³-hybridized carbons (Fsp3) is 0.818. The van der Waals surface area contributed by atoms with Gasteiger partial charge in [-0.25, -0.2) is 0 Å². The van der Waals surface area contributed by atoms with Gasteiger partial charge >= 0.3 is 0 Å². The van der Waals surface area contributed by atoms with Crippen molar-refractivity contribution in [1.29, 1.82) is 0 Å². The highest BCUT2D eigenvalue weighted by molar-refractivity contribution is 7.99. The highest BCUT2D eigenvalue weighted by atomic mass is 32.2. The minimum Gasteiger partial charge on any atom is -0.338 e. The molecule has 0 spiro atoms. The molecule has 1 aliphatic rings. The van der Waals surface area contributed by atoms with Crippen LogP contribution in [-0.2, 0) is 5.75 Å². The van der Waals surface area contributed by atoms with E-state index in [-0.39, 0.29) is 6.04 Å². The number of hydrogen-bond acceptors (Lipinski definition) is 5. The summed E-state index contributed by atoms with van der Waals surface area (Å²) in [5.41, 5.74) is 0. The van der Waals surface area contributed by atoms with Gasteiger partial charge in [0.2, 0.25) is 5.89 Å². The second-order valence-electron chi connectivity index (χ2n) is 4.23. The van der Waals surface area contributed by atoms with Gasteiger partial charge in [0, 0.05) is 5.25 Å². The monoisotopic (exact) mass is 241 g/mol. The molecule has 1 aromatic heterocycles. The van der Waals surface area contributed by atoms with Crippen molar-refractivity contribution < 1.29 is 4.52 Å². The fourth-order valence-electron chi connectivity index (χ4n) is 1.70. The Morgan fingerprint density at radius 2 is 2.50 bits per heavy atom. The minimum atomic E-state index is 0.287. The summed E-state index contributed by atoms with van der Waals surface area (Å²) in [6.07, 6.45) is 3.49. The van der Waals surface area contributed by atoms with Crippen molar-refractivity contribution in [1.82, 2.24) is 15.5 Å². The fourth-order valence-corrected chi connectivity index (χ4v) is 2.48. The van der Waals surface area contributed by atoms with E-state index in [1.807, 2.05) is 11.8 Å². The number of nitrogens with one attached hydrogen (secondary N) is 1. The molecule has 0 aliphatic carbocycles. The lowest BCUT2D eigenvalue weighted by atomic mass is 10.2. The van der Waals surface area contributed by atoms with Crippen LogP contribution in [0.5, 0.6) is 0 Å². The van der Waals surface area contributed by atoms with Crippen LogP contribution < -0.4 is 5.32 Å². The summed E-state index contributed by atoms with van der Waals surface area (Å²) < 4.78 is 5.28. The van der Waals surface area contributed by atoms with E-state index in [1.165, 1.54) is 12.8 Å².